The standard InChI is InChI=1S/C15H24BrN3OS.HI/c1-17-15(18-10-13-9-14(16)21-11-13)19(2)6-3-12-4-7-20-8-5-12;/h9,11-12H,3-8,10H2,1-2H3,(H,17,18);1H. The molecule has 4 nitrogen and oxygen atoms in total. The molecule has 2 heterocycles. The van der Waals surface area contributed by atoms with E-state index >= 15 is 0 Å². The van der Waals surface area contributed by atoms with Crippen molar-refractivity contribution < 1.29 is 4.74 Å². The topological polar surface area (TPSA) is 36.9 Å². The van der Waals surface area contributed by atoms with Crippen molar-refractivity contribution in [2.24, 2.45) is 10.9 Å². The van der Waals surface area contributed by atoms with Crippen molar-refractivity contribution in [1.82, 2.24) is 10.2 Å². The van der Waals surface area contributed by atoms with Crippen LogP contribution in [0.5, 0.6) is 0 Å². The molecule has 0 spiro atoms. The summed E-state index contributed by atoms with van der Waals surface area (Å²) in [6.45, 7) is 3.71. The summed E-state index contributed by atoms with van der Waals surface area (Å²) in [5, 5.41) is 5.58. The molecule has 0 unspecified atom stereocenters. The second-order valence-electron chi connectivity index (χ2n) is 5.43. The highest BCUT2D eigenvalue weighted by Gasteiger charge is 2.15. The Balaban J connectivity index is 0.00000242. The molecule has 1 aliphatic heterocycles. The minimum Gasteiger partial charge on any atom is -0.381 e. The molecule has 0 aliphatic carbocycles. The molecule has 0 atom stereocenters. The summed E-state index contributed by atoms with van der Waals surface area (Å²) in [6.07, 6.45) is 3.61. The van der Waals surface area contributed by atoms with Crippen molar-refractivity contribution >= 4 is 57.2 Å². The molecule has 1 aromatic rings. The number of hydrogen-bond donors (Lipinski definition) is 1. The van der Waals surface area contributed by atoms with Crippen molar-refractivity contribution in [3.8, 4) is 0 Å². The summed E-state index contributed by atoms with van der Waals surface area (Å²) in [5.41, 5.74) is 1.28. The summed E-state index contributed by atoms with van der Waals surface area (Å²) in [6, 6.07) is 2.15. The van der Waals surface area contributed by atoms with Gasteiger partial charge in [-0.3, -0.25) is 4.99 Å². The molecule has 22 heavy (non-hydrogen) atoms. The first kappa shape index (κ1) is 20.2. The van der Waals surface area contributed by atoms with E-state index in [1.807, 2.05) is 7.05 Å². The third kappa shape index (κ3) is 6.72. The van der Waals surface area contributed by atoms with E-state index < -0.39 is 0 Å². The number of thiophene rings is 1. The third-order valence-electron chi connectivity index (χ3n) is 3.86. The van der Waals surface area contributed by atoms with Crippen LogP contribution in [0.3, 0.4) is 0 Å². The molecule has 7 heteroatoms. The number of ether oxygens (including phenoxy) is 1. The molecule has 1 fully saturated rings. The molecular formula is C15H25BrIN3OS. The summed E-state index contributed by atoms with van der Waals surface area (Å²) >= 11 is 5.21. The van der Waals surface area contributed by atoms with Gasteiger partial charge in [0.15, 0.2) is 5.96 Å². The van der Waals surface area contributed by atoms with Crippen molar-refractivity contribution in [2.45, 2.75) is 25.8 Å². The van der Waals surface area contributed by atoms with Crippen LogP contribution in [0, 0.1) is 5.92 Å². The maximum atomic E-state index is 5.41. The number of rotatable bonds is 5. The van der Waals surface area contributed by atoms with E-state index in [4.69, 9.17) is 4.74 Å². The van der Waals surface area contributed by atoms with Gasteiger partial charge in [-0.15, -0.1) is 35.3 Å². The van der Waals surface area contributed by atoms with E-state index in [9.17, 15) is 0 Å². The number of nitrogens with one attached hydrogen (secondary N) is 1. The van der Waals surface area contributed by atoms with Gasteiger partial charge < -0.3 is 15.0 Å². The van der Waals surface area contributed by atoms with Gasteiger partial charge in [-0.2, -0.15) is 0 Å². The van der Waals surface area contributed by atoms with Crippen LogP contribution < -0.4 is 5.32 Å². The Morgan fingerprint density at radius 1 is 1.50 bits per heavy atom. The van der Waals surface area contributed by atoms with Crippen molar-refractivity contribution in [3.63, 3.8) is 0 Å². The number of nitrogens with zero attached hydrogens (tertiary/aromatic N) is 2. The lowest BCUT2D eigenvalue weighted by Crippen LogP contribution is -2.39. The van der Waals surface area contributed by atoms with E-state index in [2.05, 4.69) is 49.6 Å². The average molecular weight is 502 g/mol. The maximum absolute atomic E-state index is 5.41. The Morgan fingerprint density at radius 2 is 2.23 bits per heavy atom. The van der Waals surface area contributed by atoms with Crippen molar-refractivity contribution in [3.05, 3.63) is 20.8 Å². The largest absolute Gasteiger partial charge is 0.381 e. The fourth-order valence-electron chi connectivity index (χ4n) is 2.52. The van der Waals surface area contributed by atoms with Gasteiger partial charge in [0.2, 0.25) is 0 Å². The predicted octanol–water partition coefficient (Wildman–Crippen LogP) is 3.95. The van der Waals surface area contributed by atoms with Crippen molar-refractivity contribution in [2.75, 3.05) is 33.9 Å². The maximum Gasteiger partial charge on any atom is 0.193 e. The first-order valence-electron chi connectivity index (χ1n) is 7.41. The van der Waals surface area contributed by atoms with Crippen LogP contribution in [0.2, 0.25) is 0 Å². The van der Waals surface area contributed by atoms with Crippen LogP contribution in [0.4, 0.5) is 0 Å². The average Bonchev–Trinajstić information content (AvgIpc) is 2.92. The third-order valence-corrected chi connectivity index (χ3v) is 5.41. The van der Waals surface area contributed by atoms with Gasteiger partial charge in [0.05, 0.1) is 3.79 Å². The molecular weight excluding hydrogens is 477 g/mol. The van der Waals surface area contributed by atoms with Crippen LogP contribution in [-0.4, -0.2) is 44.7 Å². The number of hydrogen-bond acceptors (Lipinski definition) is 3. The Morgan fingerprint density at radius 3 is 2.82 bits per heavy atom. The Labute approximate surface area is 162 Å². The van der Waals surface area contributed by atoms with Gasteiger partial charge >= 0.3 is 0 Å². The summed E-state index contributed by atoms with van der Waals surface area (Å²) in [5.74, 6) is 1.76. The highest BCUT2D eigenvalue weighted by molar-refractivity contribution is 14.0. The van der Waals surface area contributed by atoms with E-state index in [1.165, 1.54) is 28.6 Å². The summed E-state index contributed by atoms with van der Waals surface area (Å²) in [7, 11) is 3.95. The minimum atomic E-state index is 0. The zero-order valence-electron chi connectivity index (χ0n) is 13.2. The van der Waals surface area contributed by atoms with Gasteiger partial charge in [0.1, 0.15) is 0 Å². The molecule has 126 valence electrons. The molecule has 0 amide bonds. The molecule has 2 rings (SSSR count). The summed E-state index contributed by atoms with van der Waals surface area (Å²) < 4.78 is 6.58. The second-order valence-corrected chi connectivity index (χ2v) is 7.72. The van der Waals surface area contributed by atoms with E-state index in [0.29, 0.717) is 0 Å². The Bertz CT molecular complexity index is 463. The van der Waals surface area contributed by atoms with Gasteiger partial charge in [-0.05, 0) is 58.1 Å². The first-order valence-corrected chi connectivity index (χ1v) is 9.08. The minimum absolute atomic E-state index is 0. The van der Waals surface area contributed by atoms with E-state index in [0.717, 1.165) is 38.2 Å². The smallest absolute Gasteiger partial charge is 0.193 e. The predicted molar refractivity (Wildman–Crippen MR) is 108 cm³/mol. The number of halogens is 2. The SMILES string of the molecule is CN=C(NCc1csc(Br)c1)N(C)CCC1CCOCC1.I. The monoisotopic (exact) mass is 501 g/mol. The second kappa shape index (κ2) is 10.8. The Kier molecular flexibility index (Phi) is 9.94. The first-order chi connectivity index (χ1) is 10.2. The molecule has 0 bridgehead atoms. The fourth-order valence-corrected chi connectivity index (χ4v) is 3.73. The Hall–Kier alpha value is 0.140. The quantitative estimate of drug-likeness (QED) is 0.377. The lowest BCUT2D eigenvalue weighted by Gasteiger charge is -2.26. The molecule has 1 aromatic heterocycles. The van der Waals surface area contributed by atoms with Crippen LogP contribution in [0.1, 0.15) is 24.8 Å². The van der Waals surface area contributed by atoms with E-state index in [-0.39, 0.29) is 24.0 Å². The zero-order chi connectivity index (χ0) is 15.1. The van der Waals surface area contributed by atoms with Gasteiger partial charge in [-0.25, -0.2) is 0 Å². The van der Waals surface area contributed by atoms with E-state index in [1.54, 1.807) is 11.3 Å². The van der Waals surface area contributed by atoms with Crippen molar-refractivity contribution in [1.29, 1.82) is 0 Å². The number of aliphatic imine (C=N–C) groups is 1. The normalized spacial score (nSPS) is 16.2. The lowest BCUT2D eigenvalue weighted by atomic mass is 9.96. The molecule has 1 saturated heterocycles. The van der Waals surface area contributed by atoms with Crippen LogP contribution in [0.15, 0.2) is 20.2 Å². The summed E-state index contributed by atoms with van der Waals surface area (Å²) in [4.78, 5) is 6.59. The van der Waals surface area contributed by atoms with Gasteiger partial charge in [0.25, 0.3) is 0 Å². The molecule has 1 N–H and O–H groups in total. The fraction of sp³-hybridized carbons (Fsp3) is 0.667. The van der Waals surface area contributed by atoms with Crippen LogP contribution in [0.25, 0.3) is 0 Å². The molecule has 1 aliphatic rings. The van der Waals surface area contributed by atoms with Crippen LogP contribution >= 0.6 is 51.2 Å². The van der Waals surface area contributed by atoms with Crippen LogP contribution in [-0.2, 0) is 11.3 Å². The molecule has 0 radical (unpaired) electrons. The highest BCUT2D eigenvalue weighted by Crippen LogP contribution is 2.20. The zero-order valence-corrected chi connectivity index (χ0v) is 17.9. The highest BCUT2D eigenvalue weighted by atomic mass is 127. The number of guanidine groups is 1. The molecule has 0 saturated carbocycles. The van der Waals surface area contributed by atoms with Gasteiger partial charge in [-0.1, -0.05) is 0 Å². The lowest BCUT2D eigenvalue weighted by molar-refractivity contribution is 0.0625. The molecule has 0 aromatic carbocycles. The van der Waals surface area contributed by atoms with Gasteiger partial charge in [0, 0.05) is 40.4 Å².